The topological polar surface area (TPSA) is 116 Å². The Kier molecular flexibility index (Phi) is 2.99. The predicted octanol–water partition coefficient (Wildman–Crippen LogP) is 0.241. The molecule has 0 bridgehead atoms. The third-order valence-electron chi connectivity index (χ3n) is 2.23. The fourth-order valence-corrected chi connectivity index (χ4v) is 2.59. The van der Waals surface area contributed by atoms with Crippen molar-refractivity contribution in [3.63, 3.8) is 0 Å². The first-order valence-electron chi connectivity index (χ1n) is 5.07. The van der Waals surface area contributed by atoms with Crippen LogP contribution in [0.25, 0.3) is 0 Å². The van der Waals surface area contributed by atoms with Gasteiger partial charge in [-0.05, 0) is 6.92 Å². The number of hydrogen-bond donors (Lipinski definition) is 2. The standard InChI is InChI=1S/C9H13N5O3S/c1-6-3-7(12-17-6)5-18(15,16)13-9-8(10)4-11-14(9)2/h3-4,13H,5,10H2,1-2H3. The Bertz CT molecular complexity index is 638. The first kappa shape index (κ1) is 12.4. The Hall–Kier alpha value is -2.03. The molecule has 18 heavy (non-hydrogen) atoms. The number of nitrogens with one attached hydrogen (secondary N) is 1. The van der Waals surface area contributed by atoms with Crippen LogP contribution in [0, 0.1) is 6.92 Å². The van der Waals surface area contributed by atoms with E-state index in [1.54, 1.807) is 20.0 Å². The summed E-state index contributed by atoms with van der Waals surface area (Å²) in [4.78, 5) is 0. The maximum absolute atomic E-state index is 11.9. The summed E-state index contributed by atoms with van der Waals surface area (Å²) in [6.07, 6.45) is 1.37. The van der Waals surface area contributed by atoms with Crippen LogP contribution in [0.5, 0.6) is 0 Å². The average molecular weight is 271 g/mol. The highest BCUT2D eigenvalue weighted by Gasteiger charge is 2.18. The summed E-state index contributed by atoms with van der Waals surface area (Å²) < 4.78 is 32.3. The number of sulfonamides is 1. The van der Waals surface area contributed by atoms with E-state index in [0.29, 0.717) is 11.5 Å². The molecule has 0 aliphatic heterocycles. The monoisotopic (exact) mass is 271 g/mol. The zero-order chi connectivity index (χ0) is 13.3. The van der Waals surface area contributed by atoms with Gasteiger partial charge in [-0.1, -0.05) is 5.16 Å². The lowest BCUT2D eigenvalue weighted by Gasteiger charge is -2.07. The van der Waals surface area contributed by atoms with Gasteiger partial charge >= 0.3 is 0 Å². The molecule has 0 spiro atoms. The van der Waals surface area contributed by atoms with Crippen LogP contribution < -0.4 is 10.5 Å². The molecule has 0 aliphatic carbocycles. The molecule has 0 atom stereocenters. The van der Waals surface area contributed by atoms with Crippen LogP contribution in [0.4, 0.5) is 11.5 Å². The van der Waals surface area contributed by atoms with E-state index in [9.17, 15) is 8.42 Å². The first-order chi connectivity index (χ1) is 8.37. The summed E-state index contributed by atoms with van der Waals surface area (Å²) in [5, 5.41) is 7.47. The molecule has 2 rings (SSSR count). The second kappa shape index (κ2) is 4.33. The van der Waals surface area contributed by atoms with E-state index in [2.05, 4.69) is 15.0 Å². The molecule has 0 amide bonds. The van der Waals surface area contributed by atoms with Crippen molar-refractivity contribution in [2.75, 3.05) is 10.5 Å². The van der Waals surface area contributed by atoms with Crippen LogP contribution in [0.2, 0.25) is 0 Å². The largest absolute Gasteiger partial charge is 0.394 e. The Balaban J connectivity index is 2.18. The smallest absolute Gasteiger partial charge is 0.239 e. The molecule has 0 radical (unpaired) electrons. The van der Waals surface area contributed by atoms with Crippen molar-refractivity contribution in [1.82, 2.24) is 14.9 Å². The van der Waals surface area contributed by atoms with Crippen LogP contribution in [-0.4, -0.2) is 23.4 Å². The lowest BCUT2D eigenvalue weighted by molar-refractivity contribution is 0.392. The zero-order valence-electron chi connectivity index (χ0n) is 9.91. The summed E-state index contributed by atoms with van der Waals surface area (Å²) >= 11 is 0. The van der Waals surface area contributed by atoms with E-state index >= 15 is 0 Å². The van der Waals surface area contributed by atoms with Gasteiger partial charge in [-0.15, -0.1) is 0 Å². The van der Waals surface area contributed by atoms with Gasteiger partial charge < -0.3 is 10.3 Å². The summed E-state index contributed by atoms with van der Waals surface area (Å²) in [6, 6.07) is 1.56. The number of aryl methyl sites for hydroxylation is 2. The molecule has 2 aromatic rings. The lowest BCUT2D eigenvalue weighted by atomic mass is 10.4. The van der Waals surface area contributed by atoms with Gasteiger partial charge in [0.1, 0.15) is 17.2 Å². The molecular formula is C9H13N5O3S. The number of nitrogens with zero attached hydrogens (tertiary/aromatic N) is 3. The Morgan fingerprint density at radius 2 is 2.28 bits per heavy atom. The minimum atomic E-state index is -3.60. The van der Waals surface area contributed by atoms with Gasteiger partial charge in [-0.2, -0.15) is 5.10 Å². The predicted molar refractivity (Wildman–Crippen MR) is 65.1 cm³/mol. The maximum atomic E-state index is 11.9. The van der Waals surface area contributed by atoms with Crippen LogP contribution in [-0.2, 0) is 22.8 Å². The number of aromatic nitrogens is 3. The van der Waals surface area contributed by atoms with Gasteiger partial charge in [-0.25, -0.2) is 8.42 Å². The Morgan fingerprint density at radius 1 is 1.56 bits per heavy atom. The second-order valence-electron chi connectivity index (χ2n) is 3.86. The summed E-state index contributed by atoms with van der Waals surface area (Å²) in [5.74, 6) is 0.505. The number of nitrogen functional groups attached to an aromatic ring is 1. The molecule has 9 heteroatoms. The van der Waals surface area contributed by atoms with E-state index in [0.717, 1.165) is 0 Å². The normalized spacial score (nSPS) is 11.7. The van der Waals surface area contributed by atoms with Crippen LogP contribution in [0.15, 0.2) is 16.8 Å². The van der Waals surface area contributed by atoms with Gasteiger partial charge in [0.15, 0.2) is 5.82 Å². The number of hydrogen-bond acceptors (Lipinski definition) is 6. The van der Waals surface area contributed by atoms with Crippen LogP contribution >= 0.6 is 0 Å². The summed E-state index contributed by atoms with van der Waals surface area (Å²) in [5.41, 5.74) is 6.20. The van der Waals surface area contributed by atoms with Crippen molar-refractivity contribution in [2.24, 2.45) is 7.05 Å². The maximum Gasteiger partial charge on any atom is 0.239 e. The summed E-state index contributed by atoms with van der Waals surface area (Å²) in [7, 11) is -2.01. The number of anilines is 2. The third kappa shape index (κ3) is 2.62. The van der Waals surface area contributed by atoms with E-state index in [1.807, 2.05) is 0 Å². The van der Waals surface area contributed by atoms with E-state index < -0.39 is 10.0 Å². The quantitative estimate of drug-likeness (QED) is 0.822. The zero-order valence-corrected chi connectivity index (χ0v) is 10.7. The molecule has 0 saturated heterocycles. The van der Waals surface area contributed by atoms with Crippen LogP contribution in [0.1, 0.15) is 11.5 Å². The minimum Gasteiger partial charge on any atom is -0.394 e. The van der Waals surface area contributed by atoms with Crippen molar-refractivity contribution in [1.29, 1.82) is 0 Å². The number of rotatable bonds is 4. The first-order valence-corrected chi connectivity index (χ1v) is 6.73. The molecule has 0 unspecified atom stereocenters. The van der Waals surface area contributed by atoms with Gasteiger partial charge in [0, 0.05) is 13.1 Å². The van der Waals surface area contributed by atoms with Crippen molar-refractivity contribution < 1.29 is 12.9 Å². The third-order valence-corrected chi connectivity index (χ3v) is 3.41. The minimum absolute atomic E-state index is 0.232. The van der Waals surface area contributed by atoms with Crippen LogP contribution in [0.3, 0.4) is 0 Å². The van der Waals surface area contributed by atoms with Gasteiger partial charge in [-0.3, -0.25) is 9.40 Å². The molecule has 0 aliphatic rings. The molecule has 2 heterocycles. The molecule has 0 saturated carbocycles. The highest BCUT2D eigenvalue weighted by molar-refractivity contribution is 7.91. The summed E-state index contributed by atoms with van der Waals surface area (Å²) in [6.45, 7) is 1.69. The number of nitrogens with two attached hydrogens (primary N) is 1. The van der Waals surface area contributed by atoms with E-state index in [4.69, 9.17) is 10.3 Å². The fourth-order valence-electron chi connectivity index (χ4n) is 1.44. The van der Waals surface area contributed by atoms with Gasteiger partial charge in [0.25, 0.3) is 0 Å². The Morgan fingerprint density at radius 3 is 2.78 bits per heavy atom. The van der Waals surface area contributed by atoms with Gasteiger partial charge in [0.2, 0.25) is 10.0 Å². The molecule has 98 valence electrons. The Labute approximate surface area is 104 Å². The molecule has 8 nitrogen and oxygen atoms in total. The van der Waals surface area contributed by atoms with Crippen molar-refractivity contribution in [3.8, 4) is 0 Å². The SMILES string of the molecule is Cc1cc(CS(=O)(=O)Nc2c(N)cnn2C)no1. The lowest BCUT2D eigenvalue weighted by Crippen LogP contribution is -2.18. The molecule has 3 N–H and O–H groups in total. The van der Waals surface area contributed by atoms with E-state index in [-0.39, 0.29) is 17.3 Å². The fraction of sp³-hybridized carbons (Fsp3) is 0.333. The molecular weight excluding hydrogens is 258 g/mol. The average Bonchev–Trinajstić information content (AvgIpc) is 2.78. The van der Waals surface area contributed by atoms with Gasteiger partial charge in [0.05, 0.1) is 11.9 Å². The highest BCUT2D eigenvalue weighted by Crippen LogP contribution is 2.18. The van der Waals surface area contributed by atoms with E-state index in [1.165, 1.54) is 10.9 Å². The second-order valence-corrected chi connectivity index (χ2v) is 5.58. The molecule has 0 aromatic carbocycles. The molecule has 2 aromatic heterocycles. The molecule has 0 fully saturated rings. The van der Waals surface area contributed by atoms with Crippen molar-refractivity contribution in [3.05, 3.63) is 23.7 Å². The van der Waals surface area contributed by atoms with Crippen molar-refractivity contribution >= 4 is 21.5 Å². The van der Waals surface area contributed by atoms with Crippen molar-refractivity contribution in [2.45, 2.75) is 12.7 Å². The highest BCUT2D eigenvalue weighted by atomic mass is 32.2.